The molecule has 3 aromatic rings. The van der Waals surface area contributed by atoms with Crippen LogP contribution < -0.4 is 0 Å². The smallest absolute Gasteiger partial charge is 0.324 e. The van der Waals surface area contributed by atoms with E-state index in [1.165, 1.54) is 30.6 Å². The normalized spacial score (nSPS) is 14.2. The van der Waals surface area contributed by atoms with E-state index >= 15 is 8.78 Å². The van der Waals surface area contributed by atoms with Gasteiger partial charge in [0.1, 0.15) is 17.3 Å². The second kappa shape index (κ2) is 6.81. The van der Waals surface area contributed by atoms with E-state index < -0.39 is 41.0 Å². The van der Waals surface area contributed by atoms with Crippen LogP contribution in [0.5, 0.6) is 0 Å². The quantitative estimate of drug-likeness (QED) is 0.623. The van der Waals surface area contributed by atoms with Crippen molar-refractivity contribution in [3.05, 3.63) is 82.4 Å². The Balaban J connectivity index is 2.21. The molecule has 2 heterocycles. The van der Waals surface area contributed by atoms with Crippen molar-refractivity contribution in [2.45, 2.75) is 18.1 Å². The molecule has 0 bridgehead atoms. The van der Waals surface area contributed by atoms with E-state index in [9.17, 15) is 13.9 Å². The van der Waals surface area contributed by atoms with Gasteiger partial charge in [-0.3, -0.25) is 9.67 Å². The van der Waals surface area contributed by atoms with Crippen LogP contribution in [0.15, 0.2) is 59.5 Å². The maximum Gasteiger partial charge on any atom is 0.324 e. The fourth-order valence-corrected chi connectivity index (χ4v) is 3.12. The third kappa shape index (κ3) is 3.12. The number of rotatable bonds is 5. The summed E-state index contributed by atoms with van der Waals surface area (Å²) in [6, 6.07) is 6.25. The zero-order chi connectivity index (χ0) is 18.9. The predicted octanol–water partition coefficient (Wildman–Crippen LogP) is 4.00. The largest absolute Gasteiger partial charge is 0.377 e. The molecule has 0 saturated carbocycles. The Kier molecular flexibility index (Phi) is 4.85. The molecule has 3 rings (SSSR count). The molecule has 1 unspecified atom stereocenters. The van der Waals surface area contributed by atoms with E-state index in [0.717, 1.165) is 23.0 Å². The first-order chi connectivity index (χ1) is 12.3. The van der Waals surface area contributed by atoms with Crippen LogP contribution in [-0.4, -0.2) is 19.9 Å². The van der Waals surface area contributed by atoms with Crippen LogP contribution in [-0.2, 0) is 18.1 Å². The van der Waals surface area contributed by atoms with Gasteiger partial charge in [0, 0.05) is 34.7 Å². The third-order valence-corrected chi connectivity index (χ3v) is 4.54. The Morgan fingerprint density at radius 1 is 1.12 bits per heavy atom. The molecule has 0 aliphatic carbocycles. The van der Waals surface area contributed by atoms with Crippen molar-refractivity contribution in [2.24, 2.45) is 0 Å². The number of aliphatic hydroxyl groups is 1. The molecule has 0 radical (unpaired) electrons. The van der Waals surface area contributed by atoms with Gasteiger partial charge in [-0.15, -0.1) is 0 Å². The summed E-state index contributed by atoms with van der Waals surface area (Å²) < 4.78 is 59.3. The number of hydrogen-bond donors (Lipinski definition) is 1. The Morgan fingerprint density at radius 2 is 1.88 bits per heavy atom. The van der Waals surface area contributed by atoms with E-state index in [2.05, 4.69) is 26.0 Å². The topological polar surface area (TPSA) is 50.9 Å². The van der Waals surface area contributed by atoms with Gasteiger partial charge in [-0.05, 0) is 46.3 Å². The molecule has 0 aliphatic rings. The molecule has 0 fully saturated rings. The average Bonchev–Trinajstić information content (AvgIpc) is 3.07. The molecule has 1 aromatic carbocycles. The van der Waals surface area contributed by atoms with Crippen LogP contribution in [0.25, 0.3) is 0 Å². The lowest BCUT2D eigenvalue weighted by Gasteiger charge is -2.36. The van der Waals surface area contributed by atoms with Crippen molar-refractivity contribution < 1.29 is 22.7 Å². The van der Waals surface area contributed by atoms with Crippen LogP contribution in [0.1, 0.15) is 11.3 Å². The number of aromatic nitrogens is 3. The summed E-state index contributed by atoms with van der Waals surface area (Å²) in [5, 5.41) is 14.8. The summed E-state index contributed by atoms with van der Waals surface area (Å²) in [6.07, 6.45) is 3.80. The molecule has 1 atom stereocenters. The lowest BCUT2D eigenvalue weighted by Crippen LogP contribution is -2.48. The predicted molar refractivity (Wildman–Crippen MR) is 88.3 cm³/mol. The van der Waals surface area contributed by atoms with Crippen molar-refractivity contribution in [3.63, 3.8) is 0 Å². The maximum absolute atomic E-state index is 15.4. The van der Waals surface area contributed by atoms with E-state index in [0.29, 0.717) is 6.07 Å². The van der Waals surface area contributed by atoms with Crippen molar-refractivity contribution >= 4 is 15.9 Å². The SMILES string of the molecule is OC(Cn1cccn1)(c1ccc(F)cc1F)C(F)(F)c1ncccc1Br. The minimum atomic E-state index is -4.03. The Bertz CT molecular complexity index is 920. The number of halogens is 5. The lowest BCUT2D eigenvalue weighted by atomic mass is 9.84. The fourth-order valence-electron chi connectivity index (χ4n) is 2.62. The first kappa shape index (κ1) is 18.5. The molecule has 9 heteroatoms. The molecule has 0 saturated heterocycles. The molecule has 0 aliphatic heterocycles. The molecule has 2 aromatic heterocycles. The van der Waals surface area contributed by atoms with Crippen LogP contribution in [0.2, 0.25) is 0 Å². The summed E-state index contributed by atoms with van der Waals surface area (Å²) in [5.74, 6) is -6.28. The molecule has 136 valence electrons. The van der Waals surface area contributed by atoms with Crippen molar-refractivity contribution in [1.29, 1.82) is 0 Å². The zero-order valence-corrected chi connectivity index (χ0v) is 14.7. The molecular formula is C17H12BrF4N3O. The van der Waals surface area contributed by atoms with Gasteiger partial charge < -0.3 is 5.11 Å². The second-order valence-electron chi connectivity index (χ2n) is 5.60. The molecule has 1 N–H and O–H groups in total. The number of hydrogen-bond acceptors (Lipinski definition) is 3. The minimum absolute atomic E-state index is 0.0635. The van der Waals surface area contributed by atoms with Gasteiger partial charge in [0.2, 0.25) is 0 Å². The highest BCUT2D eigenvalue weighted by atomic mass is 79.9. The standard InChI is InChI=1S/C17H12BrF4N3O/c18-13-3-1-6-23-15(13)17(21,22)16(26,10-25-8-2-7-24-25)12-5-4-11(19)9-14(12)20/h1-9,26H,10H2. The van der Waals surface area contributed by atoms with Gasteiger partial charge in [0.05, 0.1) is 6.54 Å². The van der Waals surface area contributed by atoms with Gasteiger partial charge in [-0.2, -0.15) is 13.9 Å². The monoisotopic (exact) mass is 429 g/mol. The van der Waals surface area contributed by atoms with Crippen molar-refractivity contribution in [3.8, 4) is 0 Å². The van der Waals surface area contributed by atoms with Crippen LogP contribution in [0.4, 0.5) is 17.6 Å². The highest BCUT2D eigenvalue weighted by Crippen LogP contribution is 2.48. The highest BCUT2D eigenvalue weighted by Gasteiger charge is 2.58. The average molecular weight is 430 g/mol. The summed E-state index contributed by atoms with van der Waals surface area (Å²) in [4.78, 5) is 3.64. The second-order valence-corrected chi connectivity index (χ2v) is 6.45. The van der Waals surface area contributed by atoms with E-state index in [-0.39, 0.29) is 4.47 Å². The number of nitrogens with zero attached hydrogens (tertiary/aromatic N) is 3. The highest BCUT2D eigenvalue weighted by molar-refractivity contribution is 9.10. The Hall–Kier alpha value is -2.26. The zero-order valence-electron chi connectivity index (χ0n) is 13.1. The summed E-state index contributed by atoms with van der Waals surface area (Å²) >= 11 is 2.98. The van der Waals surface area contributed by atoms with Gasteiger partial charge in [0.15, 0.2) is 5.60 Å². The first-order valence-electron chi connectivity index (χ1n) is 7.40. The van der Waals surface area contributed by atoms with E-state index in [1.807, 2.05) is 0 Å². The van der Waals surface area contributed by atoms with Gasteiger partial charge in [-0.1, -0.05) is 0 Å². The van der Waals surface area contributed by atoms with E-state index in [4.69, 9.17) is 0 Å². The summed E-state index contributed by atoms with van der Waals surface area (Å²) in [5.41, 5.74) is -4.62. The van der Waals surface area contributed by atoms with Gasteiger partial charge >= 0.3 is 5.92 Å². The molecule has 0 amide bonds. The fraction of sp³-hybridized carbons (Fsp3) is 0.176. The Morgan fingerprint density at radius 3 is 2.50 bits per heavy atom. The number of benzene rings is 1. The van der Waals surface area contributed by atoms with Crippen molar-refractivity contribution in [1.82, 2.24) is 14.8 Å². The van der Waals surface area contributed by atoms with Gasteiger partial charge in [-0.25, -0.2) is 8.78 Å². The minimum Gasteiger partial charge on any atom is -0.377 e. The van der Waals surface area contributed by atoms with Crippen LogP contribution >= 0.6 is 15.9 Å². The van der Waals surface area contributed by atoms with E-state index in [1.54, 1.807) is 0 Å². The van der Waals surface area contributed by atoms with Crippen LogP contribution in [0.3, 0.4) is 0 Å². The molecule has 4 nitrogen and oxygen atoms in total. The lowest BCUT2D eigenvalue weighted by molar-refractivity contribution is -0.208. The first-order valence-corrected chi connectivity index (χ1v) is 8.19. The molecular weight excluding hydrogens is 418 g/mol. The Labute approximate surface area is 154 Å². The van der Waals surface area contributed by atoms with Gasteiger partial charge in [0.25, 0.3) is 0 Å². The maximum atomic E-state index is 15.4. The third-order valence-electron chi connectivity index (χ3n) is 3.90. The molecule has 26 heavy (non-hydrogen) atoms. The summed E-state index contributed by atoms with van der Waals surface area (Å²) in [7, 11) is 0. The van der Waals surface area contributed by atoms with Crippen LogP contribution in [0, 0.1) is 11.6 Å². The van der Waals surface area contributed by atoms with Crippen molar-refractivity contribution in [2.75, 3.05) is 0 Å². The number of pyridine rings is 1. The number of alkyl halides is 2. The molecule has 0 spiro atoms. The summed E-state index contributed by atoms with van der Waals surface area (Å²) in [6.45, 7) is -0.779.